The van der Waals surface area contributed by atoms with E-state index >= 15 is 0 Å². The number of Topliss-reactive ketones (excluding diaryl/α,β-unsaturated/α-hetero) is 1. The van der Waals surface area contributed by atoms with Gasteiger partial charge in [0.05, 0.1) is 13.2 Å². The van der Waals surface area contributed by atoms with Gasteiger partial charge < -0.3 is 10.1 Å². The van der Waals surface area contributed by atoms with Gasteiger partial charge in [-0.05, 0) is 44.0 Å². The fraction of sp³-hybridized carbons (Fsp3) is 0.400. The molecule has 0 bridgehead atoms. The maximum Gasteiger partial charge on any atom is 0.220 e. The number of carbonyl (C=O) groups is 2. The van der Waals surface area contributed by atoms with Crippen molar-refractivity contribution in [2.45, 2.75) is 46.1 Å². The van der Waals surface area contributed by atoms with Gasteiger partial charge in [-0.15, -0.1) is 11.3 Å². The lowest BCUT2D eigenvalue weighted by Crippen LogP contribution is -2.28. The first-order chi connectivity index (χ1) is 11.9. The first kappa shape index (κ1) is 19.2. The Labute approximate surface area is 153 Å². The van der Waals surface area contributed by atoms with Gasteiger partial charge in [0.1, 0.15) is 5.75 Å². The highest BCUT2D eigenvalue weighted by Gasteiger charge is 2.16. The highest BCUT2D eigenvalue weighted by molar-refractivity contribution is 7.12. The molecule has 0 spiro atoms. The molecule has 1 heterocycles. The van der Waals surface area contributed by atoms with Crippen LogP contribution in [0.25, 0.3) is 0 Å². The van der Waals surface area contributed by atoms with Crippen LogP contribution in [0.15, 0.2) is 30.3 Å². The van der Waals surface area contributed by atoms with Crippen molar-refractivity contribution >= 4 is 23.0 Å². The third-order valence-electron chi connectivity index (χ3n) is 4.18. The van der Waals surface area contributed by atoms with Gasteiger partial charge in [0.2, 0.25) is 5.91 Å². The second-order valence-electron chi connectivity index (χ2n) is 6.05. The summed E-state index contributed by atoms with van der Waals surface area (Å²) in [6.45, 7) is 5.96. The van der Waals surface area contributed by atoms with Gasteiger partial charge in [0.25, 0.3) is 0 Å². The third kappa shape index (κ3) is 5.16. The van der Waals surface area contributed by atoms with Crippen LogP contribution in [-0.4, -0.2) is 18.8 Å². The molecule has 0 radical (unpaired) electrons. The van der Waals surface area contributed by atoms with Gasteiger partial charge in [-0.3, -0.25) is 9.59 Å². The van der Waals surface area contributed by atoms with E-state index in [0.29, 0.717) is 0 Å². The number of hydrogen-bond donors (Lipinski definition) is 1. The van der Waals surface area contributed by atoms with Gasteiger partial charge in [-0.25, -0.2) is 0 Å². The van der Waals surface area contributed by atoms with Crippen LogP contribution >= 0.6 is 11.3 Å². The molecule has 1 atom stereocenters. The fourth-order valence-electron chi connectivity index (χ4n) is 2.79. The Morgan fingerprint density at radius 3 is 2.36 bits per heavy atom. The van der Waals surface area contributed by atoms with Crippen LogP contribution in [0.3, 0.4) is 0 Å². The third-order valence-corrected chi connectivity index (χ3v) is 5.15. The number of nitrogens with one attached hydrogen (secondary N) is 1. The zero-order valence-electron chi connectivity index (χ0n) is 15.2. The van der Waals surface area contributed by atoms with Crippen molar-refractivity contribution in [2.24, 2.45) is 0 Å². The van der Waals surface area contributed by atoms with Gasteiger partial charge in [-0.2, -0.15) is 0 Å². The molecule has 5 heteroatoms. The number of aryl methyl sites for hydroxylation is 2. The van der Waals surface area contributed by atoms with E-state index in [9.17, 15) is 9.59 Å². The van der Waals surface area contributed by atoms with Gasteiger partial charge in [-0.1, -0.05) is 19.1 Å². The molecule has 0 aliphatic heterocycles. The van der Waals surface area contributed by atoms with Crippen LogP contribution < -0.4 is 10.1 Å². The summed E-state index contributed by atoms with van der Waals surface area (Å²) in [5, 5.41) is 3.02. The number of thiophene rings is 1. The van der Waals surface area contributed by atoms with Crippen LogP contribution in [-0.2, 0) is 4.79 Å². The lowest BCUT2D eigenvalue weighted by Gasteiger charge is -2.17. The SMILES string of the molecule is CCC(NC(=O)CCC(=O)c1cc(C)sc1C)c1ccc(OC)cc1. The molecule has 4 nitrogen and oxygen atoms in total. The molecule has 0 saturated carbocycles. The average molecular weight is 359 g/mol. The second-order valence-corrected chi connectivity index (χ2v) is 7.51. The molecule has 1 unspecified atom stereocenters. The standard InChI is InChI=1S/C20H25NO3S/c1-5-18(15-6-8-16(24-4)9-7-15)21-20(23)11-10-19(22)17-12-13(2)25-14(17)3/h6-9,12,18H,5,10-11H2,1-4H3,(H,21,23). The average Bonchev–Trinajstić information content (AvgIpc) is 2.96. The van der Waals surface area contributed by atoms with Crippen LogP contribution in [0.4, 0.5) is 0 Å². The smallest absolute Gasteiger partial charge is 0.220 e. The lowest BCUT2D eigenvalue weighted by atomic mass is 10.0. The Morgan fingerprint density at radius 1 is 1.16 bits per heavy atom. The molecule has 0 saturated heterocycles. The summed E-state index contributed by atoms with van der Waals surface area (Å²) < 4.78 is 5.16. The summed E-state index contributed by atoms with van der Waals surface area (Å²) in [5.74, 6) is 0.729. The van der Waals surface area contributed by atoms with Gasteiger partial charge in [0, 0.05) is 28.2 Å². The Kier molecular flexibility index (Phi) is 6.76. The number of ketones is 1. The van der Waals surface area contributed by atoms with E-state index in [4.69, 9.17) is 4.74 Å². The Hall–Kier alpha value is -2.14. The zero-order valence-corrected chi connectivity index (χ0v) is 16.0. The summed E-state index contributed by atoms with van der Waals surface area (Å²) in [6, 6.07) is 9.53. The largest absolute Gasteiger partial charge is 0.497 e. The topological polar surface area (TPSA) is 55.4 Å². The molecule has 0 fully saturated rings. The number of benzene rings is 1. The van der Waals surface area contributed by atoms with Crippen LogP contribution in [0, 0.1) is 13.8 Å². The Bertz CT molecular complexity index is 734. The monoisotopic (exact) mass is 359 g/mol. The molecule has 0 aliphatic carbocycles. The number of hydrogen-bond acceptors (Lipinski definition) is 4. The summed E-state index contributed by atoms with van der Waals surface area (Å²) in [5.41, 5.74) is 1.78. The molecule has 1 aromatic heterocycles. The Balaban J connectivity index is 1.91. The molecule has 1 amide bonds. The van der Waals surface area contributed by atoms with E-state index in [1.54, 1.807) is 18.4 Å². The molecule has 1 aromatic carbocycles. The molecular weight excluding hydrogens is 334 g/mol. The van der Waals surface area contributed by atoms with E-state index in [0.717, 1.165) is 33.1 Å². The van der Waals surface area contributed by atoms with Crippen molar-refractivity contribution in [2.75, 3.05) is 7.11 Å². The maximum atomic E-state index is 12.3. The van der Waals surface area contributed by atoms with Crippen molar-refractivity contribution in [3.8, 4) is 5.75 Å². The quantitative estimate of drug-likeness (QED) is 0.701. The van der Waals surface area contributed by atoms with Crippen molar-refractivity contribution in [3.05, 3.63) is 51.2 Å². The number of rotatable bonds is 8. The van der Waals surface area contributed by atoms with Crippen molar-refractivity contribution in [3.63, 3.8) is 0 Å². The lowest BCUT2D eigenvalue weighted by molar-refractivity contribution is -0.121. The summed E-state index contributed by atoms with van der Waals surface area (Å²) in [4.78, 5) is 26.7. The molecule has 0 aliphatic rings. The minimum Gasteiger partial charge on any atom is -0.497 e. The number of amides is 1. The number of ether oxygens (including phenoxy) is 1. The van der Waals surface area contributed by atoms with Gasteiger partial charge >= 0.3 is 0 Å². The van der Waals surface area contributed by atoms with Crippen molar-refractivity contribution < 1.29 is 14.3 Å². The molecular formula is C20H25NO3S. The number of methoxy groups -OCH3 is 1. The summed E-state index contributed by atoms with van der Waals surface area (Å²) >= 11 is 1.61. The summed E-state index contributed by atoms with van der Waals surface area (Å²) in [6.07, 6.45) is 1.23. The highest BCUT2D eigenvalue weighted by atomic mass is 32.1. The van der Waals surface area contributed by atoms with Crippen LogP contribution in [0.2, 0.25) is 0 Å². The molecule has 2 aromatic rings. The first-order valence-corrected chi connectivity index (χ1v) is 9.29. The minimum absolute atomic E-state index is 0.0366. The molecule has 25 heavy (non-hydrogen) atoms. The van der Waals surface area contributed by atoms with E-state index in [1.165, 1.54) is 0 Å². The van der Waals surface area contributed by atoms with E-state index < -0.39 is 0 Å². The maximum absolute atomic E-state index is 12.3. The van der Waals surface area contributed by atoms with Crippen LogP contribution in [0.1, 0.15) is 57.9 Å². The van der Waals surface area contributed by atoms with E-state index in [-0.39, 0.29) is 30.6 Å². The van der Waals surface area contributed by atoms with Crippen molar-refractivity contribution in [1.82, 2.24) is 5.32 Å². The Morgan fingerprint density at radius 2 is 1.84 bits per heavy atom. The molecule has 2 rings (SSSR count). The predicted octanol–water partition coefficient (Wildman–Crippen LogP) is 4.60. The number of carbonyl (C=O) groups excluding carboxylic acids is 2. The fourth-order valence-corrected chi connectivity index (χ4v) is 3.74. The van der Waals surface area contributed by atoms with E-state index in [2.05, 4.69) is 5.32 Å². The normalized spacial score (nSPS) is 11.8. The molecule has 1 N–H and O–H groups in total. The predicted molar refractivity (Wildman–Crippen MR) is 102 cm³/mol. The van der Waals surface area contributed by atoms with Crippen LogP contribution in [0.5, 0.6) is 5.75 Å². The molecule has 134 valence electrons. The minimum atomic E-state index is -0.0966. The zero-order chi connectivity index (χ0) is 18.4. The first-order valence-electron chi connectivity index (χ1n) is 8.48. The summed E-state index contributed by atoms with van der Waals surface area (Å²) in [7, 11) is 1.63. The highest BCUT2D eigenvalue weighted by Crippen LogP contribution is 2.23. The van der Waals surface area contributed by atoms with E-state index in [1.807, 2.05) is 51.1 Å². The van der Waals surface area contributed by atoms with Gasteiger partial charge in [0.15, 0.2) is 5.78 Å². The second kappa shape index (κ2) is 8.81. The van der Waals surface area contributed by atoms with Crippen molar-refractivity contribution in [1.29, 1.82) is 0 Å².